The van der Waals surface area contributed by atoms with Gasteiger partial charge in [0.15, 0.2) is 0 Å². The highest BCUT2D eigenvalue weighted by Gasteiger charge is 2.12. The van der Waals surface area contributed by atoms with E-state index in [0.717, 1.165) is 29.0 Å². The smallest absolute Gasteiger partial charge is 0.306 e. The number of carbonyl (C=O) groups excluding carboxylic acids is 1. The third kappa shape index (κ3) is 6.51. The van der Waals surface area contributed by atoms with Crippen molar-refractivity contribution < 1.29 is 24.1 Å². The largest absolute Gasteiger partial charge is 0.507 e. The van der Waals surface area contributed by atoms with E-state index in [1.807, 2.05) is 43.3 Å². The van der Waals surface area contributed by atoms with Crippen molar-refractivity contribution in [2.75, 3.05) is 19.8 Å². The fraction of sp³-hybridized carbons (Fsp3) is 0.360. The Kier molecular flexibility index (Phi) is 8.54. The van der Waals surface area contributed by atoms with E-state index < -0.39 is 0 Å². The molecule has 0 amide bonds. The van der Waals surface area contributed by atoms with Gasteiger partial charge < -0.3 is 19.3 Å². The maximum absolute atomic E-state index is 11.5. The Balaban J connectivity index is 1.47. The zero-order valence-electron chi connectivity index (χ0n) is 18.6. The van der Waals surface area contributed by atoms with Gasteiger partial charge in [-0.2, -0.15) is 5.10 Å². The van der Waals surface area contributed by atoms with Crippen LogP contribution in [-0.2, 0) is 22.4 Å². The molecule has 3 aromatic rings. The molecule has 170 valence electrons. The maximum atomic E-state index is 11.5. The molecular weight excluding hydrogens is 408 g/mol. The SMILES string of the molecule is CCOC(=O)CCc1cccc(OCCCOc2cc(O)c(-c3ccn[nH]3)cc2CC)c1. The number of nitrogens with zero attached hydrogens (tertiary/aromatic N) is 1. The molecule has 0 saturated carbocycles. The predicted molar refractivity (Wildman–Crippen MR) is 122 cm³/mol. The van der Waals surface area contributed by atoms with Gasteiger partial charge in [-0.1, -0.05) is 19.1 Å². The Labute approximate surface area is 188 Å². The Morgan fingerprint density at radius 1 is 1.09 bits per heavy atom. The minimum Gasteiger partial charge on any atom is -0.507 e. The molecule has 2 aromatic carbocycles. The lowest BCUT2D eigenvalue weighted by Gasteiger charge is -2.14. The Morgan fingerprint density at radius 3 is 2.69 bits per heavy atom. The summed E-state index contributed by atoms with van der Waals surface area (Å²) in [5.74, 6) is 1.40. The molecule has 0 aliphatic rings. The summed E-state index contributed by atoms with van der Waals surface area (Å²) in [6, 6.07) is 13.1. The van der Waals surface area contributed by atoms with Gasteiger partial charge >= 0.3 is 5.97 Å². The molecule has 0 bridgehead atoms. The van der Waals surface area contributed by atoms with E-state index in [9.17, 15) is 9.90 Å². The molecule has 0 aliphatic carbocycles. The Bertz CT molecular complexity index is 1000. The Hall–Kier alpha value is -3.48. The molecule has 32 heavy (non-hydrogen) atoms. The minimum atomic E-state index is -0.189. The van der Waals surface area contributed by atoms with E-state index in [4.69, 9.17) is 14.2 Å². The number of rotatable bonds is 12. The molecule has 0 aliphatic heterocycles. The van der Waals surface area contributed by atoms with Crippen LogP contribution in [0, 0.1) is 0 Å². The van der Waals surface area contributed by atoms with Gasteiger partial charge in [0.2, 0.25) is 0 Å². The van der Waals surface area contributed by atoms with E-state index in [-0.39, 0.29) is 11.7 Å². The summed E-state index contributed by atoms with van der Waals surface area (Å²) in [7, 11) is 0. The summed E-state index contributed by atoms with van der Waals surface area (Å²) in [5, 5.41) is 17.2. The molecule has 7 heteroatoms. The fourth-order valence-corrected chi connectivity index (χ4v) is 3.35. The lowest BCUT2D eigenvalue weighted by Crippen LogP contribution is -2.07. The van der Waals surface area contributed by atoms with Gasteiger partial charge in [0, 0.05) is 30.7 Å². The molecule has 2 N–H and O–H groups in total. The van der Waals surface area contributed by atoms with Crippen LogP contribution < -0.4 is 9.47 Å². The number of aryl methyl sites for hydroxylation is 2. The van der Waals surface area contributed by atoms with Gasteiger partial charge in [0.1, 0.15) is 17.2 Å². The number of phenolic OH excluding ortho intramolecular Hbond substituents is 1. The van der Waals surface area contributed by atoms with Gasteiger partial charge in [-0.15, -0.1) is 0 Å². The van der Waals surface area contributed by atoms with Gasteiger partial charge in [-0.3, -0.25) is 9.89 Å². The van der Waals surface area contributed by atoms with Crippen LogP contribution in [0.3, 0.4) is 0 Å². The quantitative estimate of drug-likeness (QED) is 0.315. The molecule has 1 aromatic heterocycles. The number of aromatic nitrogens is 2. The highest BCUT2D eigenvalue weighted by atomic mass is 16.5. The van der Waals surface area contributed by atoms with E-state index >= 15 is 0 Å². The molecule has 0 atom stereocenters. The first-order chi connectivity index (χ1) is 15.6. The molecule has 0 fully saturated rings. The van der Waals surface area contributed by atoms with E-state index in [1.54, 1.807) is 19.2 Å². The number of aromatic hydroxyl groups is 1. The second kappa shape index (κ2) is 11.8. The summed E-state index contributed by atoms with van der Waals surface area (Å²) >= 11 is 0. The summed E-state index contributed by atoms with van der Waals surface area (Å²) in [4.78, 5) is 11.5. The third-order valence-corrected chi connectivity index (χ3v) is 4.99. The van der Waals surface area contributed by atoms with Gasteiger partial charge in [0.05, 0.1) is 25.5 Å². The number of hydrogen-bond donors (Lipinski definition) is 2. The van der Waals surface area contributed by atoms with Crippen LogP contribution >= 0.6 is 0 Å². The summed E-state index contributed by atoms with van der Waals surface area (Å²) in [6.07, 6.45) is 4.11. The number of phenols is 1. The molecule has 0 saturated heterocycles. The van der Waals surface area contributed by atoms with Crippen molar-refractivity contribution in [2.24, 2.45) is 0 Å². The third-order valence-electron chi connectivity index (χ3n) is 4.99. The fourth-order valence-electron chi connectivity index (χ4n) is 3.35. The molecule has 0 unspecified atom stereocenters. The molecule has 7 nitrogen and oxygen atoms in total. The maximum Gasteiger partial charge on any atom is 0.306 e. The number of nitrogens with one attached hydrogen (secondary N) is 1. The van der Waals surface area contributed by atoms with Crippen molar-refractivity contribution in [3.63, 3.8) is 0 Å². The van der Waals surface area contributed by atoms with E-state index in [0.29, 0.717) is 50.4 Å². The second-order valence-electron chi connectivity index (χ2n) is 7.30. The zero-order valence-corrected chi connectivity index (χ0v) is 18.6. The Morgan fingerprint density at radius 2 is 1.94 bits per heavy atom. The molecule has 1 heterocycles. The van der Waals surface area contributed by atoms with E-state index in [1.165, 1.54) is 0 Å². The normalized spacial score (nSPS) is 10.7. The molecule has 0 radical (unpaired) electrons. The summed E-state index contributed by atoms with van der Waals surface area (Å²) in [5.41, 5.74) is 3.52. The first-order valence-electron chi connectivity index (χ1n) is 11.0. The van der Waals surface area contributed by atoms with Crippen LogP contribution in [0.2, 0.25) is 0 Å². The monoisotopic (exact) mass is 438 g/mol. The molecular formula is C25H30N2O5. The van der Waals surface area contributed by atoms with Crippen molar-refractivity contribution in [1.29, 1.82) is 0 Å². The highest BCUT2D eigenvalue weighted by molar-refractivity contribution is 5.70. The first kappa shape index (κ1) is 23.2. The number of carbonyl (C=O) groups is 1. The lowest BCUT2D eigenvalue weighted by molar-refractivity contribution is -0.143. The van der Waals surface area contributed by atoms with Crippen LogP contribution in [0.25, 0.3) is 11.3 Å². The van der Waals surface area contributed by atoms with Crippen molar-refractivity contribution >= 4 is 5.97 Å². The predicted octanol–water partition coefficient (Wildman–Crippen LogP) is 4.69. The van der Waals surface area contributed by atoms with Crippen molar-refractivity contribution in [3.8, 4) is 28.5 Å². The van der Waals surface area contributed by atoms with Crippen LogP contribution in [0.5, 0.6) is 17.2 Å². The number of benzene rings is 2. The second-order valence-corrected chi connectivity index (χ2v) is 7.30. The van der Waals surface area contributed by atoms with Crippen molar-refractivity contribution in [2.45, 2.75) is 39.5 Å². The van der Waals surface area contributed by atoms with Crippen molar-refractivity contribution in [1.82, 2.24) is 10.2 Å². The van der Waals surface area contributed by atoms with Crippen LogP contribution in [0.15, 0.2) is 48.7 Å². The molecule has 0 spiro atoms. The lowest BCUT2D eigenvalue weighted by atomic mass is 10.0. The summed E-state index contributed by atoms with van der Waals surface area (Å²) < 4.78 is 16.7. The number of aromatic amines is 1. The number of H-pyrrole nitrogens is 1. The van der Waals surface area contributed by atoms with Crippen LogP contribution in [0.4, 0.5) is 0 Å². The van der Waals surface area contributed by atoms with Crippen LogP contribution in [-0.4, -0.2) is 41.1 Å². The van der Waals surface area contributed by atoms with E-state index in [2.05, 4.69) is 10.2 Å². The van der Waals surface area contributed by atoms with Gasteiger partial charge in [-0.05, 0) is 55.2 Å². The van der Waals surface area contributed by atoms with Crippen LogP contribution in [0.1, 0.15) is 37.8 Å². The van der Waals surface area contributed by atoms with Gasteiger partial charge in [-0.25, -0.2) is 0 Å². The first-order valence-corrected chi connectivity index (χ1v) is 11.0. The minimum absolute atomic E-state index is 0.150. The topological polar surface area (TPSA) is 93.7 Å². The average Bonchev–Trinajstić information content (AvgIpc) is 3.33. The standard InChI is InChI=1S/C25H30N2O5/c1-3-19-16-21(22-11-12-26-27-22)23(28)17-24(19)32-14-6-13-31-20-8-5-7-18(15-20)9-10-25(29)30-4-2/h5,7-8,11-12,15-17,28H,3-4,6,9-10,13-14H2,1-2H3,(H,26,27). The zero-order chi connectivity index (χ0) is 22.8. The number of ether oxygens (including phenoxy) is 3. The highest BCUT2D eigenvalue weighted by Crippen LogP contribution is 2.34. The van der Waals surface area contributed by atoms with Gasteiger partial charge in [0.25, 0.3) is 0 Å². The van der Waals surface area contributed by atoms with Crippen molar-refractivity contribution in [3.05, 3.63) is 59.8 Å². The summed E-state index contributed by atoms with van der Waals surface area (Å²) in [6.45, 7) is 5.23. The number of esters is 1. The number of hydrogen-bond acceptors (Lipinski definition) is 6. The average molecular weight is 439 g/mol. The molecule has 3 rings (SSSR count).